The molecule has 0 saturated heterocycles. The highest BCUT2D eigenvalue weighted by atomic mass is 35.5. The summed E-state index contributed by atoms with van der Waals surface area (Å²) in [5.74, 6) is -0.839. The molecule has 0 saturated carbocycles. The predicted octanol–water partition coefficient (Wildman–Crippen LogP) is 2.34. The van der Waals surface area contributed by atoms with E-state index < -0.39 is 11.7 Å². The molecule has 1 aromatic carbocycles. The number of hydrogen-bond donors (Lipinski definition) is 2. The molecular weight excluding hydrogens is 311 g/mol. The van der Waals surface area contributed by atoms with Crippen LogP contribution >= 0.6 is 11.6 Å². The number of nitrogens with one attached hydrogen (secondary N) is 1. The molecule has 0 atom stereocenters. The van der Waals surface area contributed by atoms with Crippen molar-refractivity contribution in [3.63, 3.8) is 0 Å². The third kappa shape index (κ3) is 4.78. The van der Waals surface area contributed by atoms with Gasteiger partial charge in [-0.05, 0) is 37.0 Å². The van der Waals surface area contributed by atoms with Crippen molar-refractivity contribution in [3.8, 4) is 0 Å². The second kappa shape index (κ2) is 7.86. The Morgan fingerprint density at radius 3 is 2.95 bits per heavy atom. The van der Waals surface area contributed by atoms with Gasteiger partial charge >= 0.3 is 0 Å². The van der Waals surface area contributed by atoms with Gasteiger partial charge in [0.1, 0.15) is 5.82 Å². The van der Waals surface area contributed by atoms with Crippen molar-refractivity contribution < 1.29 is 14.4 Å². The number of rotatable bonds is 7. The van der Waals surface area contributed by atoms with Crippen LogP contribution in [0.25, 0.3) is 0 Å². The molecule has 8 heteroatoms. The number of carbonyl (C=O) groups excluding carboxylic acids is 1. The summed E-state index contributed by atoms with van der Waals surface area (Å²) in [5, 5.41) is 16.5. The van der Waals surface area contributed by atoms with Crippen LogP contribution in [0.5, 0.6) is 0 Å². The molecule has 0 bridgehead atoms. The number of benzene rings is 1. The van der Waals surface area contributed by atoms with Crippen LogP contribution in [-0.4, -0.2) is 26.1 Å². The van der Waals surface area contributed by atoms with Crippen molar-refractivity contribution in [2.24, 2.45) is 0 Å². The first-order valence-electron chi connectivity index (χ1n) is 6.84. The second-order valence-electron chi connectivity index (χ2n) is 4.90. The minimum Gasteiger partial charge on any atom is -0.289 e. The average Bonchev–Trinajstić information content (AvgIpc) is 2.94. The van der Waals surface area contributed by atoms with Crippen molar-refractivity contribution in [3.05, 3.63) is 46.5 Å². The maximum Gasteiger partial charge on any atom is 0.243 e. The van der Waals surface area contributed by atoms with E-state index in [9.17, 15) is 9.18 Å². The van der Waals surface area contributed by atoms with Crippen molar-refractivity contribution in [2.75, 3.05) is 0 Å². The number of aryl methyl sites for hydroxylation is 1. The number of amides is 1. The molecule has 1 heterocycles. The molecule has 6 nitrogen and oxygen atoms in total. The Balaban J connectivity index is 1.83. The van der Waals surface area contributed by atoms with E-state index in [1.165, 1.54) is 6.07 Å². The number of halogens is 2. The third-order valence-corrected chi connectivity index (χ3v) is 3.42. The summed E-state index contributed by atoms with van der Waals surface area (Å²) in [7, 11) is 0. The molecule has 0 radical (unpaired) electrons. The highest BCUT2D eigenvalue weighted by Crippen LogP contribution is 2.16. The van der Waals surface area contributed by atoms with E-state index in [2.05, 4.69) is 10.3 Å². The number of hydrogen-bond acceptors (Lipinski definition) is 4. The molecule has 22 heavy (non-hydrogen) atoms. The lowest BCUT2D eigenvalue weighted by Gasteiger charge is -2.02. The van der Waals surface area contributed by atoms with Crippen LogP contribution in [0.4, 0.5) is 4.39 Å². The number of carbonyl (C=O) groups is 1. The molecule has 0 aliphatic heterocycles. The van der Waals surface area contributed by atoms with E-state index in [1.54, 1.807) is 22.3 Å². The lowest BCUT2D eigenvalue weighted by atomic mass is 10.1. The summed E-state index contributed by atoms with van der Waals surface area (Å²) < 4.78 is 14.7. The van der Waals surface area contributed by atoms with Gasteiger partial charge in [-0.15, -0.1) is 5.10 Å². The molecule has 2 rings (SSSR count). The first kappa shape index (κ1) is 16.4. The van der Waals surface area contributed by atoms with Crippen molar-refractivity contribution in [1.29, 1.82) is 0 Å². The van der Waals surface area contributed by atoms with Crippen molar-refractivity contribution in [2.45, 2.75) is 32.2 Å². The molecule has 1 aromatic heterocycles. The van der Waals surface area contributed by atoms with Gasteiger partial charge in [-0.1, -0.05) is 22.9 Å². The van der Waals surface area contributed by atoms with Crippen LogP contribution in [0.15, 0.2) is 24.4 Å². The SMILES string of the molecule is O=C(CCCCc1cn(Cc2ccc(F)c(Cl)c2)nn1)NO. The highest BCUT2D eigenvalue weighted by molar-refractivity contribution is 6.30. The van der Waals surface area contributed by atoms with Gasteiger partial charge in [0.05, 0.1) is 17.3 Å². The molecular formula is C14H16ClFN4O2. The normalized spacial score (nSPS) is 10.7. The second-order valence-corrected chi connectivity index (χ2v) is 5.31. The van der Waals surface area contributed by atoms with Gasteiger partial charge in [-0.3, -0.25) is 10.0 Å². The summed E-state index contributed by atoms with van der Waals surface area (Å²) in [6.45, 7) is 0.458. The number of nitrogens with zero attached hydrogens (tertiary/aromatic N) is 3. The molecule has 1 amide bonds. The Kier molecular flexibility index (Phi) is 5.85. The van der Waals surface area contributed by atoms with Gasteiger partial charge in [-0.2, -0.15) is 0 Å². The lowest BCUT2D eigenvalue weighted by molar-refractivity contribution is -0.129. The van der Waals surface area contributed by atoms with Gasteiger partial charge < -0.3 is 0 Å². The molecule has 0 spiro atoms. The zero-order chi connectivity index (χ0) is 15.9. The molecule has 2 N–H and O–H groups in total. The molecule has 2 aromatic rings. The van der Waals surface area contributed by atoms with Crippen LogP contribution in [0, 0.1) is 5.82 Å². The molecule has 0 aliphatic rings. The van der Waals surface area contributed by atoms with E-state index in [0.717, 1.165) is 17.7 Å². The van der Waals surface area contributed by atoms with Crippen molar-refractivity contribution in [1.82, 2.24) is 20.5 Å². The van der Waals surface area contributed by atoms with Crippen LogP contribution in [-0.2, 0) is 17.8 Å². The Morgan fingerprint density at radius 2 is 2.23 bits per heavy atom. The summed E-state index contributed by atoms with van der Waals surface area (Å²) in [6.07, 6.45) is 4.21. The maximum atomic E-state index is 13.1. The van der Waals surface area contributed by atoms with Crippen LogP contribution in [0.2, 0.25) is 5.02 Å². The molecule has 0 aliphatic carbocycles. The predicted molar refractivity (Wildman–Crippen MR) is 78.0 cm³/mol. The van der Waals surface area contributed by atoms with Gasteiger partial charge in [0.25, 0.3) is 0 Å². The topological polar surface area (TPSA) is 80.0 Å². The average molecular weight is 327 g/mol. The highest BCUT2D eigenvalue weighted by Gasteiger charge is 2.05. The standard InChI is InChI=1S/C14H16ClFN4O2/c15-12-7-10(5-6-13(12)16)8-20-9-11(17-19-20)3-1-2-4-14(21)18-22/h5-7,9,22H,1-4,8H2,(H,18,21). The minimum absolute atomic E-state index is 0.0833. The van der Waals surface area contributed by atoms with Gasteiger partial charge in [-0.25, -0.2) is 14.6 Å². The first-order chi connectivity index (χ1) is 10.6. The van der Waals surface area contributed by atoms with Gasteiger partial charge in [0.15, 0.2) is 0 Å². The van der Waals surface area contributed by atoms with E-state index in [0.29, 0.717) is 19.4 Å². The fraction of sp³-hybridized carbons (Fsp3) is 0.357. The first-order valence-corrected chi connectivity index (χ1v) is 7.22. The summed E-state index contributed by atoms with van der Waals surface area (Å²) in [6, 6.07) is 4.53. The van der Waals surface area contributed by atoms with E-state index >= 15 is 0 Å². The number of unbranched alkanes of at least 4 members (excludes halogenated alkanes) is 1. The van der Waals surface area contributed by atoms with E-state index in [1.807, 2.05) is 6.20 Å². The summed E-state index contributed by atoms with van der Waals surface area (Å²) in [4.78, 5) is 10.9. The minimum atomic E-state index is -0.448. The zero-order valence-electron chi connectivity index (χ0n) is 11.8. The van der Waals surface area contributed by atoms with Crippen LogP contribution in [0.1, 0.15) is 30.5 Å². The largest absolute Gasteiger partial charge is 0.289 e. The number of hydroxylamine groups is 1. The fourth-order valence-electron chi connectivity index (χ4n) is 2.00. The smallest absolute Gasteiger partial charge is 0.243 e. The van der Waals surface area contributed by atoms with Gasteiger partial charge in [0.2, 0.25) is 5.91 Å². The fourth-order valence-corrected chi connectivity index (χ4v) is 2.21. The Morgan fingerprint density at radius 1 is 1.41 bits per heavy atom. The molecule has 118 valence electrons. The monoisotopic (exact) mass is 326 g/mol. The molecule has 0 fully saturated rings. The Hall–Kier alpha value is -1.99. The quantitative estimate of drug-likeness (QED) is 0.465. The third-order valence-electron chi connectivity index (χ3n) is 3.13. The zero-order valence-corrected chi connectivity index (χ0v) is 12.6. The van der Waals surface area contributed by atoms with E-state index in [-0.39, 0.29) is 11.4 Å². The Bertz CT molecular complexity index is 648. The maximum absolute atomic E-state index is 13.1. The Labute approximate surface area is 131 Å². The van der Waals surface area contributed by atoms with Gasteiger partial charge in [0, 0.05) is 12.6 Å². The summed E-state index contributed by atoms with van der Waals surface area (Å²) in [5.41, 5.74) is 3.25. The lowest BCUT2D eigenvalue weighted by Crippen LogP contribution is -2.17. The van der Waals surface area contributed by atoms with Crippen molar-refractivity contribution >= 4 is 17.5 Å². The summed E-state index contributed by atoms with van der Waals surface area (Å²) >= 11 is 5.74. The van der Waals surface area contributed by atoms with E-state index in [4.69, 9.17) is 16.8 Å². The molecule has 0 unspecified atom stereocenters. The van der Waals surface area contributed by atoms with Crippen LogP contribution in [0.3, 0.4) is 0 Å². The number of aromatic nitrogens is 3. The van der Waals surface area contributed by atoms with Crippen LogP contribution < -0.4 is 5.48 Å².